The van der Waals surface area contributed by atoms with Gasteiger partial charge in [-0.2, -0.15) is 0 Å². The lowest BCUT2D eigenvalue weighted by Gasteiger charge is -2.22. The number of ether oxygens (including phenoxy) is 1. The number of esters is 1. The second-order valence-electron chi connectivity index (χ2n) is 4.72. The minimum absolute atomic E-state index is 0.315. The number of hydrogen-bond acceptors (Lipinski definition) is 2. The molecule has 0 amide bonds. The first-order valence-electron chi connectivity index (χ1n) is 4.20. The Morgan fingerprint density at radius 3 is 2.00 bits per heavy atom. The van der Waals surface area contributed by atoms with Crippen LogP contribution in [0.1, 0.15) is 34.1 Å². The first kappa shape index (κ1) is 11.1. The summed E-state index contributed by atoms with van der Waals surface area (Å²) in [5, 5.41) is 0. The van der Waals surface area contributed by atoms with Gasteiger partial charge in [-0.15, -0.1) is 23.2 Å². The van der Waals surface area contributed by atoms with Crippen LogP contribution >= 0.6 is 23.2 Å². The zero-order chi connectivity index (χ0) is 10.5. The lowest BCUT2D eigenvalue weighted by atomic mass is 10.1. The molecular formula is C9H14Cl2O2. The molecule has 1 atom stereocenters. The molecule has 1 saturated carbocycles. The summed E-state index contributed by atoms with van der Waals surface area (Å²) in [5.41, 5.74) is -1.20. The van der Waals surface area contributed by atoms with E-state index in [0.29, 0.717) is 6.42 Å². The highest BCUT2D eigenvalue weighted by Crippen LogP contribution is 2.64. The van der Waals surface area contributed by atoms with Gasteiger partial charge in [-0.1, -0.05) is 0 Å². The molecule has 2 nitrogen and oxygen atoms in total. The Hall–Kier alpha value is 0.0500. The summed E-state index contributed by atoms with van der Waals surface area (Å²) in [4.78, 5) is 11.6. The van der Waals surface area contributed by atoms with Crippen molar-refractivity contribution in [3.8, 4) is 0 Å². The van der Waals surface area contributed by atoms with E-state index in [9.17, 15) is 4.79 Å². The largest absolute Gasteiger partial charge is 0.459 e. The molecule has 1 unspecified atom stereocenters. The zero-order valence-corrected chi connectivity index (χ0v) is 9.79. The summed E-state index contributed by atoms with van der Waals surface area (Å²) < 4.78 is 4.26. The molecular weight excluding hydrogens is 211 g/mol. The van der Waals surface area contributed by atoms with Gasteiger partial charge in [-0.3, -0.25) is 4.79 Å². The summed E-state index contributed by atoms with van der Waals surface area (Å²) in [6.45, 7) is 7.18. The fourth-order valence-corrected chi connectivity index (χ4v) is 1.70. The Morgan fingerprint density at radius 1 is 1.38 bits per heavy atom. The second-order valence-corrected chi connectivity index (χ2v) is 6.20. The third-order valence-electron chi connectivity index (χ3n) is 2.11. The highest BCUT2D eigenvalue weighted by molar-refractivity contribution is 6.53. The van der Waals surface area contributed by atoms with E-state index in [2.05, 4.69) is 0 Å². The molecule has 0 radical (unpaired) electrons. The summed E-state index contributed by atoms with van der Waals surface area (Å²) in [5.74, 6) is -0.315. The molecule has 1 fully saturated rings. The van der Waals surface area contributed by atoms with E-state index in [4.69, 9.17) is 27.9 Å². The van der Waals surface area contributed by atoms with Gasteiger partial charge < -0.3 is 4.74 Å². The van der Waals surface area contributed by atoms with Crippen molar-refractivity contribution < 1.29 is 9.53 Å². The third kappa shape index (κ3) is 2.10. The minimum Gasteiger partial charge on any atom is -0.459 e. The van der Waals surface area contributed by atoms with Crippen LogP contribution in [0.2, 0.25) is 0 Å². The molecule has 1 aliphatic rings. The van der Waals surface area contributed by atoms with Crippen molar-refractivity contribution in [2.24, 2.45) is 5.41 Å². The van der Waals surface area contributed by atoms with Gasteiger partial charge in [-0.25, -0.2) is 0 Å². The maximum atomic E-state index is 11.6. The van der Waals surface area contributed by atoms with E-state index in [1.165, 1.54) is 0 Å². The molecule has 0 heterocycles. The molecule has 1 aliphatic carbocycles. The molecule has 0 spiro atoms. The Labute approximate surface area is 88.5 Å². The Kier molecular flexibility index (Phi) is 2.37. The standard InChI is InChI=1S/C9H14Cl2O2/c1-7(2,3)13-6(12)8(4)5-9(8,10)11/h5H2,1-4H3. The van der Waals surface area contributed by atoms with E-state index in [0.717, 1.165) is 0 Å². The number of carbonyl (C=O) groups excluding carboxylic acids is 1. The lowest BCUT2D eigenvalue weighted by molar-refractivity contribution is -0.161. The molecule has 4 heteroatoms. The van der Waals surface area contributed by atoms with Gasteiger partial charge in [0.15, 0.2) is 0 Å². The van der Waals surface area contributed by atoms with Crippen LogP contribution in [0.5, 0.6) is 0 Å². The van der Waals surface area contributed by atoms with Gasteiger partial charge in [-0.05, 0) is 27.7 Å². The topological polar surface area (TPSA) is 26.3 Å². The molecule has 0 saturated heterocycles. The minimum atomic E-state index is -0.935. The monoisotopic (exact) mass is 224 g/mol. The van der Waals surface area contributed by atoms with Gasteiger partial charge in [0, 0.05) is 6.42 Å². The highest BCUT2D eigenvalue weighted by atomic mass is 35.5. The van der Waals surface area contributed by atoms with E-state index < -0.39 is 15.3 Å². The molecule has 1 rings (SSSR count). The van der Waals surface area contributed by atoms with Crippen LogP contribution in [-0.4, -0.2) is 15.9 Å². The number of alkyl halides is 2. The number of carbonyl (C=O) groups is 1. The van der Waals surface area contributed by atoms with E-state index in [1.54, 1.807) is 6.92 Å². The molecule has 0 aromatic heterocycles. The second kappa shape index (κ2) is 2.77. The fraction of sp³-hybridized carbons (Fsp3) is 0.889. The first-order valence-corrected chi connectivity index (χ1v) is 4.95. The fourth-order valence-electron chi connectivity index (χ4n) is 1.01. The summed E-state index contributed by atoms with van der Waals surface area (Å²) in [6.07, 6.45) is 0.470. The van der Waals surface area contributed by atoms with Crippen LogP contribution in [0.25, 0.3) is 0 Å². The van der Waals surface area contributed by atoms with Crippen molar-refractivity contribution in [3.63, 3.8) is 0 Å². The lowest BCUT2D eigenvalue weighted by Crippen LogP contribution is -2.30. The van der Waals surface area contributed by atoms with Gasteiger partial charge in [0.1, 0.15) is 15.3 Å². The van der Waals surface area contributed by atoms with Crippen LogP contribution in [0, 0.1) is 5.41 Å². The average Bonchev–Trinajstić information content (AvgIpc) is 2.29. The van der Waals surface area contributed by atoms with Crippen LogP contribution in [0.15, 0.2) is 0 Å². The Bertz CT molecular complexity index is 242. The van der Waals surface area contributed by atoms with Crippen molar-refractivity contribution in [2.75, 3.05) is 0 Å². The SMILES string of the molecule is CC(C)(C)OC(=O)C1(C)CC1(Cl)Cl. The van der Waals surface area contributed by atoms with Crippen LogP contribution < -0.4 is 0 Å². The molecule has 0 N–H and O–H groups in total. The molecule has 0 aliphatic heterocycles. The van der Waals surface area contributed by atoms with Gasteiger partial charge in [0.05, 0.1) is 0 Å². The molecule has 0 bridgehead atoms. The number of rotatable bonds is 1. The van der Waals surface area contributed by atoms with Crippen molar-refractivity contribution >= 4 is 29.2 Å². The van der Waals surface area contributed by atoms with Gasteiger partial charge >= 0.3 is 5.97 Å². The maximum absolute atomic E-state index is 11.6. The predicted molar refractivity (Wildman–Crippen MR) is 53.0 cm³/mol. The van der Waals surface area contributed by atoms with Crippen LogP contribution in [0.4, 0.5) is 0 Å². The van der Waals surface area contributed by atoms with Crippen molar-refractivity contribution in [1.29, 1.82) is 0 Å². The highest BCUT2D eigenvalue weighted by Gasteiger charge is 2.69. The van der Waals surface area contributed by atoms with Crippen molar-refractivity contribution in [1.82, 2.24) is 0 Å². The summed E-state index contributed by atoms with van der Waals surface area (Å²) in [7, 11) is 0. The molecule has 0 aromatic rings. The first-order chi connectivity index (χ1) is 5.58. The Balaban J connectivity index is 2.62. The van der Waals surface area contributed by atoms with Gasteiger partial charge in [0.25, 0.3) is 0 Å². The maximum Gasteiger partial charge on any atom is 0.315 e. The normalized spacial score (nSPS) is 31.2. The quantitative estimate of drug-likeness (QED) is 0.506. The van der Waals surface area contributed by atoms with Crippen LogP contribution in [-0.2, 0) is 9.53 Å². The molecule has 13 heavy (non-hydrogen) atoms. The Morgan fingerprint density at radius 2 is 1.77 bits per heavy atom. The average molecular weight is 225 g/mol. The molecule has 76 valence electrons. The van der Waals surface area contributed by atoms with Crippen molar-refractivity contribution in [3.05, 3.63) is 0 Å². The van der Waals surface area contributed by atoms with Crippen molar-refractivity contribution in [2.45, 2.75) is 44.1 Å². The summed E-state index contributed by atoms with van der Waals surface area (Å²) >= 11 is 11.7. The zero-order valence-electron chi connectivity index (χ0n) is 8.28. The predicted octanol–water partition coefficient (Wildman–Crippen LogP) is 2.91. The third-order valence-corrected chi connectivity index (χ3v) is 3.21. The van der Waals surface area contributed by atoms with Crippen LogP contribution in [0.3, 0.4) is 0 Å². The van der Waals surface area contributed by atoms with E-state index >= 15 is 0 Å². The number of hydrogen-bond donors (Lipinski definition) is 0. The smallest absolute Gasteiger partial charge is 0.315 e. The van der Waals surface area contributed by atoms with E-state index in [-0.39, 0.29) is 5.97 Å². The van der Waals surface area contributed by atoms with Gasteiger partial charge in [0.2, 0.25) is 0 Å². The summed E-state index contributed by atoms with van der Waals surface area (Å²) in [6, 6.07) is 0. The molecule has 0 aromatic carbocycles. The number of halogens is 2. The van der Waals surface area contributed by atoms with E-state index in [1.807, 2.05) is 20.8 Å².